The van der Waals surface area contributed by atoms with Crippen molar-refractivity contribution in [1.29, 1.82) is 0 Å². The maximum Gasteiger partial charge on any atom is 0.459 e. The van der Waals surface area contributed by atoms with Crippen LogP contribution in [0.2, 0.25) is 0 Å². The van der Waals surface area contributed by atoms with Crippen LogP contribution in [0.1, 0.15) is 6.92 Å². The quantitative estimate of drug-likeness (QED) is 0.472. The van der Waals surface area contributed by atoms with Gasteiger partial charge in [0.05, 0.1) is 0 Å². The average Bonchev–Trinajstić information content (AvgIpc) is 2.24. The number of halogens is 3. The van der Waals surface area contributed by atoms with Gasteiger partial charge in [-0.2, -0.15) is 13.2 Å². The third-order valence-electron chi connectivity index (χ3n) is 1.53. The minimum absolute atomic E-state index is 0.686. The van der Waals surface area contributed by atoms with Crippen LogP contribution in [0, 0.1) is 0 Å². The molecule has 1 rings (SSSR count). The summed E-state index contributed by atoms with van der Waals surface area (Å²) in [6.07, 6.45) is -5.23. The third kappa shape index (κ3) is 1.72. The van der Waals surface area contributed by atoms with Crippen LogP contribution in [0.5, 0.6) is 0 Å². The molecule has 0 aromatic rings. The second-order valence-corrected chi connectivity index (χ2v) is 2.68. The molecule has 1 unspecified atom stereocenters. The van der Waals surface area contributed by atoms with Crippen molar-refractivity contribution in [2.45, 2.75) is 18.8 Å². The molecule has 0 bridgehead atoms. The van der Waals surface area contributed by atoms with E-state index >= 15 is 0 Å². The molecule has 3 amide bonds. The summed E-state index contributed by atoms with van der Waals surface area (Å²) in [5.74, 6) is -3.11. The van der Waals surface area contributed by atoms with Gasteiger partial charge in [0, 0.05) is 6.92 Å². The lowest BCUT2D eigenvalue weighted by molar-refractivity contribution is -0.262. The van der Waals surface area contributed by atoms with Crippen LogP contribution in [0.25, 0.3) is 0 Å². The van der Waals surface area contributed by atoms with E-state index in [9.17, 15) is 27.6 Å². The number of carbonyl (C=O) groups excluding carboxylic acids is 3. The van der Waals surface area contributed by atoms with Gasteiger partial charge in [0.15, 0.2) is 0 Å². The first kappa shape index (κ1) is 11.3. The minimum atomic E-state index is -5.23. The summed E-state index contributed by atoms with van der Waals surface area (Å²) >= 11 is 0. The molecular formula is C6H5F3N2O4. The van der Waals surface area contributed by atoms with Crippen molar-refractivity contribution in [3.05, 3.63) is 0 Å². The number of esters is 1. The maximum absolute atomic E-state index is 12.4. The first-order chi connectivity index (χ1) is 6.69. The van der Waals surface area contributed by atoms with Crippen molar-refractivity contribution in [2.75, 3.05) is 0 Å². The molecule has 1 atom stereocenters. The highest BCUT2D eigenvalue weighted by atomic mass is 19.4. The molecular weight excluding hydrogens is 221 g/mol. The number of carbonyl (C=O) groups is 3. The van der Waals surface area contributed by atoms with E-state index in [2.05, 4.69) is 4.74 Å². The standard InChI is InChI=1S/C6H5F3N2O4/c1-2(12)15-5(6(7,8)9)3(13)10-4(14)11-5/h1H3,(H2,10,11,13,14). The molecule has 0 spiro atoms. The number of urea groups is 1. The summed E-state index contributed by atoms with van der Waals surface area (Å²) in [6, 6.07) is -1.38. The fourth-order valence-corrected chi connectivity index (χ4v) is 0.984. The van der Waals surface area contributed by atoms with Crippen molar-refractivity contribution in [3.63, 3.8) is 0 Å². The highest BCUT2D eigenvalue weighted by Gasteiger charge is 2.68. The fraction of sp³-hybridized carbons (Fsp3) is 0.500. The van der Waals surface area contributed by atoms with Crippen LogP contribution in [0.15, 0.2) is 0 Å². The van der Waals surface area contributed by atoms with E-state index in [0.29, 0.717) is 6.92 Å². The lowest BCUT2D eigenvalue weighted by atomic mass is 10.2. The van der Waals surface area contributed by atoms with Crippen LogP contribution in [-0.2, 0) is 14.3 Å². The van der Waals surface area contributed by atoms with E-state index in [1.807, 2.05) is 0 Å². The molecule has 0 aromatic carbocycles. The second-order valence-electron chi connectivity index (χ2n) is 2.68. The lowest BCUT2D eigenvalue weighted by Gasteiger charge is -2.26. The normalized spacial score (nSPS) is 25.9. The van der Waals surface area contributed by atoms with Gasteiger partial charge in [-0.15, -0.1) is 0 Å². The average molecular weight is 226 g/mol. The van der Waals surface area contributed by atoms with Crippen LogP contribution < -0.4 is 10.6 Å². The number of hydrogen-bond donors (Lipinski definition) is 2. The summed E-state index contributed by atoms with van der Waals surface area (Å²) in [7, 11) is 0. The second kappa shape index (κ2) is 3.11. The van der Waals surface area contributed by atoms with Gasteiger partial charge in [-0.1, -0.05) is 0 Å². The van der Waals surface area contributed by atoms with Crippen molar-refractivity contribution < 1.29 is 32.3 Å². The Morgan fingerprint density at radius 1 is 1.40 bits per heavy atom. The van der Waals surface area contributed by atoms with Crippen molar-refractivity contribution in [3.8, 4) is 0 Å². The molecule has 1 aliphatic rings. The molecule has 2 N–H and O–H groups in total. The van der Waals surface area contributed by atoms with Crippen LogP contribution in [0.4, 0.5) is 18.0 Å². The largest absolute Gasteiger partial charge is 0.459 e. The van der Waals surface area contributed by atoms with Gasteiger partial charge < -0.3 is 4.74 Å². The molecule has 1 aliphatic heterocycles. The summed E-state index contributed by atoms with van der Waals surface area (Å²) in [5, 5.41) is 2.55. The lowest BCUT2D eigenvalue weighted by Crippen LogP contribution is -2.61. The SMILES string of the molecule is CC(=O)OC1(C(F)(F)F)NC(=O)NC1=O. The Bertz CT molecular complexity index is 340. The zero-order chi connectivity index (χ0) is 11.9. The van der Waals surface area contributed by atoms with Gasteiger partial charge in [0.1, 0.15) is 0 Å². The molecule has 6 nitrogen and oxygen atoms in total. The van der Waals surface area contributed by atoms with E-state index in [1.54, 1.807) is 0 Å². The van der Waals surface area contributed by atoms with E-state index in [4.69, 9.17) is 0 Å². The Hall–Kier alpha value is -1.80. The predicted octanol–water partition coefficient (Wildman–Crippen LogP) is -0.353. The maximum atomic E-state index is 12.4. The van der Waals surface area contributed by atoms with Gasteiger partial charge in [-0.25, -0.2) is 4.79 Å². The topological polar surface area (TPSA) is 84.5 Å². The highest BCUT2D eigenvalue weighted by molar-refractivity contribution is 6.07. The zero-order valence-corrected chi connectivity index (χ0v) is 7.27. The summed E-state index contributed by atoms with van der Waals surface area (Å²) in [5.41, 5.74) is -3.62. The molecule has 0 saturated carbocycles. The fourth-order valence-electron chi connectivity index (χ4n) is 0.984. The first-order valence-corrected chi connectivity index (χ1v) is 3.59. The Morgan fingerprint density at radius 3 is 2.20 bits per heavy atom. The Balaban J connectivity index is 3.13. The van der Waals surface area contributed by atoms with Gasteiger partial charge >= 0.3 is 29.8 Å². The van der Waals surface area contributed by atoms with Gasteiger partial charge in [0.2, 0.25) is 0 Å². The Labute approximate surface area is 80.8 Å². The molecule has 1 heterocycles. The molecule has 84 valence electrons. The molecule has 0 aromatic heterocycles. The molecule has 9 heteroatoms. The minimum Gasteiger partial charge on any atom is -0.420 e. The number of amides is 3. The van der Waals surface area contributed by atoms with Gasteiger partial charge in [-0.3, -0.25) is 20.2 Å². The molecule has 0 aliphatic carbocycles. The number of hydrogen-bond acceptors (Lipinski definition) is 4. The number of ether oxygens (including phenoxy) is 1. The highest BCUT2D eigenvalue weighted by Crippen LogP contribution is 2.33. The van der Waals surface area contributed by atoms with Crippen molar-refractivity contribution in [1.82, 2.24) is 10.6 Å². The number of alkyl halides is 3. The zero-order valence-electron chi connectivity index (χ0n) is 7.27. The summed E-state index contributed by atoms with van der Waals surface area (Å²) in [6.45, 7) is 0.686. The van der Waals surface area contributed by atoms with Crippen LogP contribution >= 0.6 is 0 Å². The van der Waals surface area contributed by atoms with E-state index in [-0.39, 0.29) is 0 Å². The van der Waals surface area contributed by atoms with E-state index in [1.165, 1.54) is 10.6 Å². The van der Waals surface area contributed by atoms with Gasteiger partial charge in [-0.05, 0) is 0 Å². The molecule has 1 saturated heterocycles. The predicted molar refractivity (Wildman–Crippen MR) is 37.2 cm³/mol. The smallest absolute Gasteiger partial charge is 0.420 e. The van der Waals surface area contributed by atoms with E-state index < -0.39 is 29.8 Å². The third-order valence-corrected chi connectivity index (χ3v) is 1.53. The monoisotopic (exact) mass is 226 g/mol. The van der Waals surface area contributed by atoms with Crippen LogP contribution in [-0.4, -0.2) is 29.8 Å². The van der Waals surface area contributed by atoms with E-state index in [0.717, 1.165) is 0 Å². The van der Waals surface area contributed by atoms with Crippen molar-refractivity contribution >= 4 is 17.9 Å². The molecule has 1 fully saturated rings. The van der Waals surface area contributed by atoms with Crippen LogP contribution in [0.3, 0.4) is 0 Å². The number of imide groups is 1. The summed E-state index contributed by atoms with van der Waals surface area (Å²) in [4.78, 5) is 31.9. The molecule has 15 heavy (non-hydrogen) atoms. The molecule has 0 radical (unpaired) electrons. The Morgan fingerprint density at radius 2 is 1.93 bits per heavy atom. The first-order valence-electron chi connectivity index (χ1n) is 3.59. The summed E-state index contributed by atoms with van der Waals surface area (Å²) < 4.78 is 41.2. The number of rotatable bonds is 1. The van der Waals surface area contributed by atoms with Gasteiger partial charge in [0.25, 0.3) is 0 Å². The number of nitrogens with one attached hydrogen (secondary N) is 2. The Kier molecular flexibility index (Phi) is 2.33. The van der Waals surface area contributed by atoms with Crippen molar-refractivity contribution in [2.24, 2.45) is 0 Å².